The van der Waals surface area contributed by atoms with Crippen molar-refractivity contribution in [3.05, 3.63) is 23.9 Å². The van der Waals surface area contributed by atoms with Crippen LogP contribution in [0.15, 0.2) is 18.3 Å². The van der Waals surface area contributed by atoms with Crippen molar-refractivity contribution in [1.82, 2.24) is 4.98 Å². The fourth-order valence-electron chi connectivity index (χ4n) is 1.25. The average Bonchev–Trinajstić information content (AvgIpc) is 2.47. The molecule has 0 aliphatic carbocycles. The molecule has 62 valence electrons. The van der Waals surface area contributed by atoms with Gasteiger partial charge in [0, 0.05) is 11.8 Å². The third-order valence-corrected chi connectivity index (χ3v) is 1.86. The predicted molar refractivity (Wildman–Crippen MR) is 40.1 cm³/mol. The molecule has 0 spiro atoms. The molecule has 0 saturated carbocycles. The molecule has 1 atom stereocenters. The van der Waals surface area contributed by atoms with Crippen LogP contribution in [0.25, 0.3) is 0 Å². The number of carboxylic acid groups (broad SMARTS) is 1. The molecule has 0 fully saturated rings. The lowest BCUT2D eigenvalue weighted by Gasteiger charge is -1.99. The van der Waals surface area contributed by atoms with Gasteiger partial charge in [0.1, 0.15) is 12.5 Å². The number of pyridine rings is 1. The van der Waals surface area contributed by atoms with E-state index in [9.17, 15) is 4.79 Å². The minimum Gasteiger partial charge on any atom is -0.481 e. The number of ether oxygens (including phenoxy) is 1. The molecule has 4 heteroatoms. The molecule has 2 heterocycles. The van der Waals surface area contributed by atoms with Gasteiger partial charge in [-0.3, -0.25) is 4.79 Å². The van der Waals surface area contributed by atoms with E-state index in [0.29, 0.717) is 11.4 Å². The van der Waals surface area contributed by atoms with Crippen molar-refractivity contribution >= 4 is 5.97 Å². The Labute approximate surface area is 68.8 Å². The fraction of sp³-hybridized carbons (Fsp3) is 0.250. The second-order valence-corrected chi connectivity index (χ2v) is 2.60. The van der Waals surface area contributed by atoms with Crippen LogP contribution in [0.4, 0.5) is 0 Å². The van der Waals surface area contributed by atoms with Gasteiger partial charge in [-0.1, -0.05) is 6.07 Å². The molecule has 1 N–H and O–H groups in total. The monoisotopic (exact) mass is 165 g/mol. The Morgan fingerprint density at radius 3 is 3.33 bits per heavy atom. The lowest BCUT2D eigenvalue weighted by atomic mass is 10.0. The van der Waals surface area contributed by atoms with Gasteiger partial charge < -0.3 is 9.84 Å². The van der Waals surface area contributed by atoms with E-state index >= 15 is 0 Å². The molecule has 2 rings (SSSR count). The molecule has 0 radical (unpaired) electrons. The zero-order valence-corrected chi connectivity index (χ0v) is 6.23. The van der Waals surface area contributed by atoms with Crippen LogP contribution in [0.1, 0.15) is 11.5 Å². The zero-order chi connectivity index (χ0) is 8.55. The van der Waals surface area contributed by atoms with Crippen molar-refractivity contribution in [2.24, 2.45) is 0 Å². The highest BCUT2D eigenvalue weighted by Crippen LogP contribution is 2.31. The van der Waals surface area contributed by atoms with Gasteiger partial charge in [0.05, 0.1) is 0 Å². The maximum atomic E-state index is 10.7. The van der Waals surface area contributed by atoms with Gasteiger partial charge in [0.15, 0.2) is 0 Å². The quantitative estimate of drug-likeness (QED) is 0.663. The third-order valence-electron chi connectivity index (χ3n) is 1.86. The summed E-state index contributed by atoms with van der Waals surface area (Å²) in [5, 5.41) is 8.75. The number of rotatable bonds is 1. The van der Waals surface area contributed by atoms with Crippen LogP contribution in [-0.4, -0.2) is 22.7 Å². The van der Waals surface area contributed by atoms with E-state index in [-0.39, 0.29) is 6.61 Å². The van der Waals surface area contributed by atoms with Crippen LogP contribution in [0.3, 0.4) is 0 Å². The van der Waals surface area contributed by atoms with E-state index in [1.165, 1.54) is 0 Å². The summed E-state index contributed by atoms with van der Waals surface area (Å²) in [5.74, 6) is -0.958. The number of hydrogen-bond acceptors (Lipinski definition) is 3. The number of fused-ring (bicyclic) bond motifs is 1. The van der Waals surface area contributed by atoms with Crippen LogP contribution < -0.4 is 4.74 Å². The SMILES string of the molecule is O=C(O)[C@H]1COc2ncccc21. The number of hydrogen-bond donors (Lipinski definition) is 1. The number of aliphatic carboxylic acids is 1. The van der Waals surface area contributed by atoms with Crippen LogP contribution in [0, 0.1) is 0 Å². The summed E-state index contributed by atoms with van der Waals surface area (Å²) >= 11 is 0. The lowest BCUT2D eigenvalue weighted by molar-refractivity contribution is -0.138. The van der Waals surface area contributed by atoms with Crippen molar-refractivity contribution in [3.63, 3.8) is 0 Å². The van der Waals surface area contributed by atoms with E-state index in [2.05, 4.69) is 4.98 Å². The second kappa shape index (κ2) is 2.48. The summed E-state index contributed by atoms with van der Waals surface area (Å²) in [6, 6.07) is 3.44. The minimum absolute atomic E-state index is 0.196. The number of nitrogens with zero attached hydrogens (tertiary/aromatic N) is 1. The topological polar surface area (TPSA) is 59.4 Å². The van der Waals surface area contributed by atoms with Crippen molar-refractivity contribution in [2.75, 3.05) is 6.61 Å². The summed E-state index contributed by atoms with van der Waals surface area (Å²) in [6.45, 7) is 0.196. The summed E-state index contributed by atoms with van der Waals surface area (Å²) in [7, 11) is 0. The van der Waals surface area contributed by atoms with Crippen LogP contribution >= 0.6 is 0 Å². The molecule has 0 unspecified atom stereocenters. The molecule has 1 aliphatic rings. The Hall–Kier alpha value is -1.58. The van der Waals surface area contributed by atoms with Crippen LogP contribution in [0.2, 0.25) is 0 Å². The maximum absolute atomic E-state index is 10.7. The van der Waals surface area contributed by atoms with Crippen LogP contribution in [0.5, 0.6) is 5.88 Å². The van der Waals surface area contributed by atoms with Gasteiger partial charge in [-0.2, -0.15) is 0 Å². The summed E-state index contributed by atoms with van der Waals surface area (Å²) in [5.41, 5.74) is 0.671. The highest BCUT2D eigenvalue weighted by atomic mass is 16.5. The molecule has 1 aromatic heterocycles. The molecule has 0 saturated heterocycles. The smallest absolute Gasteiger partial charge is 0.314 e. The first-order valence-corrected chi connectivity index (χ1v) is 3.59. The van der Waals surface area contributed by atoms with E-state index in [1.54, 1.807) is 18.3 Å². The van der Waals surface area contributed by atoms with Gasteiger partial charge in [-0.05, 0) is 6.07 Å². The molecule has 4 nitrogen and oxygen atoms in total. The van der Waals surface area contributed by atoms with E-state index < -0.39 is 11.9 Å². The Morgan fingerprint density at radius 1 is 1.75 bits per heavy atom. The maximum Gasteiger partial charge on any atom is 0.314 e. The first-order chi connectivity index (χ1) is 5.79. The Bertz CT molecular complexity index is 324. The van der Waals surface area contributed by atoms with E-state index in [1.807, 2.05) is 0 Å². The standard InChI is InChI=1S/C8H7NO3/c10-8(11)6-4-12-7-5(6)2-1-3-9-7/h1-3,6H,4H2,(H,10,11)/t6-/m0/s1. The molecule has 12 heavy (non-hydrogen) atoms. The molecular formula is C8H7NO3. The first-order valence-electron chi connectivity index (χ1n) is 3.59. The van der Waals surface area contributed by atoms with Crippen molar-refractivity contribution in [3.8, 4) is 5.88 Å². The lowest BCUT2D eigenvalue weighted by Crippen LogP contribution is -2.12. The predicted octanol–water partition coefficient (Wildman–Crippen LogP) is 0.642. The molecule has 0 aromatic carbocycles. The van der Waals surface area contributed by atoms with Crippen molar-refractivity contribution in [1.29, 1.82) is 0 Å². The van der Waals surface area contributed by atoms with Gasteiger partial charge in [0.2, 0.25) is 5.88 Å². The van der Waals surface area contributed by atoms with Gasteiger partial charge in [-0.25, -0.2) is 4.98 Å². The van der Waals surface area contributed by atoms with Crippen molar-refractivity contribution in [2.45, 2.75) is 5.92 Å². The highest BCUT2D eigenvalue weighted by molar-refractivity contribution is 5.78. The highest BCUT2D eigenvalue weighted by Gasteiger charge is 2.30. The largest absolute Gasteiger partial charge is 0.481 e. The molecule has 0 bridgehead atoms. The normalized spacial score (nSPS) is 19.8. The molecule has 0 amide bonds. The first kappa shape index (κ1) is 7.09. The Morgan fingerprint density at radius 2 is 2.58 bits per heavy atom. The minimum atomic E-state index is -0.859. The summed E-state index contributed by atoms with van der Waals surface area (Å²) in [4.78, 5) is 14.6. The fourth-order valence-corrected chi connectivity index (χ4v) is 1.25. The number of carboxylic acids is 1. The zero-order valence-electron chi connectivity index (χ0n) is 6.23. The molecule has 1 aliphatic heterocycles. The number of aromatic nitrogens is 1. The third kappa shape index (κ3) is 0.922. The van der Waals surface area contributed by atoms with E-state index in [4.69, 9.17) is 9.84 Å². The van der Waals surface area contributed by atoms with Crippen LogP contribution in [-0.2, 0) is 4.79 Å². The Balaban J connectivity index is 2.42. The van der Waals surface area contributed by atoms with Gasteiger partial charge in [0.25, 0.3) is 0 Å². The second-order valence-electron chi connectivity index (χ2n) is 2.60. The van der Waals surface area contributed by atoms with Crippen molar-refractivity contribution < 1.29 is 14.6 Å². The average molecular weight is 165 g/mol. The molecule has 1 aromatic rings. The molecular weight excluding hydrogens is 158 g/mol. The summed E-state index contributed by atoms with van der Waals surface area (Å²) < 4.78 is 5.08. The summed E-state index contributed by atoms with van der Waals surface area (Å²) in [6.07, 6.45) is 1.59. The van der Waals surface area contributed by atoms with Gasteiger partial charge in [-0.15, -0.1) is 0 Å². The van der Waals surface area contributed by atoms with E-state index in [0.717, 1.165) is 0 Å². The van der Waals surface area contributed by atoms with Gasteiger partial charge >= 0.3 is 5.97 Å². The Kier molecular flexibility index (Phi) is 1.46. The number of carbonyl (C=O) groups is 1.